The van der Waals surface area contributed by atoms with Crippen molar-refractivity contribution in [3.63, 3.8) is 0 Å². The molecule has 168 valence electrons. The van der Waals surface area contributed by atoms with Crippen molar-refractivity contribution in [3.8, 4) is 11.1 Å². The van der Waals surface area contributed by atoms with Crippen LogP contribution >= 0.6 is 11.6 Å². The van der Waals surface area contributed by atoms with Crippen LogP contribution in [-0.4, -0.2) is 34.4 Å². The lowest BCUT2D eigenvalue weighted by Gasteiger charge is -2.31. The molecule has 1 fully saturated rings. The van der Waals surface area contributed by atoms with Crippen molar-refractivity contribution in [2.75, 3.05) is 18.0 Å². The Hall–Kier alpha value is -3.38. The van der Waals surface area contributed by atoms with Gasteiger partial charge in [0.1, 0.15) is 0 Å². The van der Waals surface area contributed by atoms with Gasteiger partial charge in [0.15, 0.2) is 0 Å². The van der Waals surface area contributed by atoms with Crippen LogP contribution in [0.2, 0.25) is 5.02 Å². The van der Waals surface area contributed by atoms with Crippen molar-refractivity contribution in [3.05, 3.63) is 86.8 Å². The Bertz CT molecular complexity index is 1330. The van der Waals surface area contributed by atoms with Crippen LogP contribution in [0.5, 0.6) is 0 Å². The van der Waals surface area contributed by atoms with E-state index in [1.54, 1.807) is 39.6 Å². The van der Waals surface area contributed by atoms with E-state index in [-0.39, 0.29) is 17.4 Å². The van der Waals surface area contributed by atoms with Crippen molar-refractivity contribution in [1.29, 1.82) is 0 Å². The Balaban J connectivity index is 1.46. The second-order valence-electron chi connectivity index (χ2n) is 8.55. The Morgan fingerprint density at radius 3 is 2.52 bits per heavy atom. The quantitative estimate of drug-likeness (QED) is 0.591. The fraction of sp³-hybridized carbons (Fsp3) is 0.269. The minimum absolute atomic E-state index is 0.0812. The van der Waals surface area contributed by atoms with Gasteiger partial charge in [0.05, 0.1) is 0 Å². The molecule has 0 spiro atoms. The molecule has 5 rings (SSSR count). The van der Waals surface area contributed by atoms with Gasteiger partial charge in [-0.3, -0.25) is 14.4 Å². The minimum Gasteiger partial charge on any atom is -0.334 e. The summed E-state index contributed by atoms with van der Waals surface area (Å²) in [5.74, 6) is 0.0156. The molecule has 1 aromatic heterocycles. The molecule has 6 nitrogen and oxygen atoms in total. The molecule has 2 aliphatic heterocycles. The van der Waals surface area contributed by atoms with Gasteiger partial charge in [-0.1, -0.05) is 35.9 Å². The maximum atomic E-state index is 13.4. The Labute approximate surface area is 197 Å². The number of halogens is 1. The van der Waals surface area contributed by atoms with Gasteiger partial charge in [-0.25, -0.2) is 0 Å². The number of pyridine rings is 1. The standard InChI is InChI=1S/C26H24ClN3O3/c1-28-23-11-13-29(16-18(23)15-21(26(28)33)20-8-2-3-9-22(20)27)25(32)17-6-4-7-19(14-17)30-12-5-10-24(30)31/h2-4,6-9,14-15H,5,10-13,16H2,1H3. The number of aromatic nitrogens is 1. The monoisotopic (exact) mass is 461 g/mol. The highest BCUT2D eigenvalue weighted by atomic mass is 35.5. The Morgan fingerprint density at radius 1 is 0.939 bits per heavy atom. The van der Waals surface area contributed by atoms with Gasteiger partial charge in [0, 0.05) is 72.6 Å². The lowest BCUT2D eigenvalue weighted by Crippen LogP contribution is -2.39. The molecule has 0 atom stereocenters. The average molecular weight is 462 g/mol. The minimum atomic E-state index is -0.0930. The smallest absolute Gasteiger partial charge is 0.258 e. The molecule has 2 aromatic carbocycles. The third-order valence-corrected chi connectivity index (χ3v) is 6.87. The number of carbonyl (C=O) groups excluding carboxylic acids is 2. The van der Waals surface area contributed by atoms with Gasteiger partial charge >= 0.3 is 0 Å². The van der Waals surface area contributed by atoms with E-state index in [1.165, 1.54) is 0 Å². The summed E-state index contributed by atoms with van der Waals surface area (Å²) in [6, 6.07) is 16.5. The van der Waals surface area contributed by atoms with Crippen LogP contribution in [0.25, 0.3) is 11.1 Å². The molecule has 0 unspecified atom stereocenters. The van der Waals surface area contributed by atoms with E-state index in [2.05, 4.69) is 0 Å². The van der Waals surface area contributed by atoms with Gasteiger partial charge in [-0.2, -0.15) is 0 Å². The van der Waals surface area contributed by atoms with Crippen LogP contribution in [0.1, 0.15) is 34.5 Å². The molecule has 0 saturated carbocycles. The van der Waals surface area contributed by atoms with Crippen molar-refractivity contribution >= 4 is 29.1 Å². The number of amides is 2. The first-order valence-electron chi connectivity index (χ1n) is 11.1. The highest BCUT2D eigenvalue weighted by Crippen LogP contribution is 2.29. The predicted molar refractivity (Wildman–Crippen MR) is 129 cm³/mol. The number of hydrogen-bond acceptors (Lipinski definition) is 3. The molecular formula is C26H24ClN3O3. The number of nitrogens with zero attached hydrogens (tertiary/aromatic N) is 3. The van der Waals surface area contributed by atoms with Crippen molar-refractivity contribution in [2.45, 2.75) is 25.8 Å². The summed E-state index contributed by atoms with van der Waals surface area (Å²) in [6.45, 7) is 1.62. The first-order valence-corrected chi connectivity index (χ1v) is 11.5. The summed E-state index contributed by atoms with van der Waals surface area (Å²) < 4.78 is 1.68. The lowest BCUT2D eigenvalue weighted by atomic mass is 9.98. The molecular weight excluding hydrogens is 438 g/mol. The molecule has 33 heavy (non-hydrogen) atoms. The summed E-state index contributed by atoms with van der Waals surface area (Å²) in [5, 5.41) is 0.520. The van der Waals surface area contributed by atoms with Gasteiger partial charge in [-0.05, 0) is 42.3 Å². The number of fused-ring (bicyclic) bond motifs is 1. The second kappa shape index (κ2) is 8.52. The fourth-order valence-electron chi connectivity index (χ4n) is 4.79. The Morgan fingerprint density at radius 2 is 1.76 bits per heavy atom. The van der Waals surface area contributed by atoms with Crippen LogP contribution < -0.4 is 10.5 Å². The van der Waals surface area contributed by atoms with Crippen molar-refractivity contribution in [1.82, 2.24) is 9.47 Å². The zero-order valence-corrected chi connectivity index (χ0v) is 19.1. The van der Waals surface area contributed by atoms with Gasteiger partial charge in [-0.15, -0.1) is 0 Å². The topological polar surface area (TPSA) is 62.6 Å². The third-order valence-electron chi connectivity index (χ3n) is 6.54. The van der Waals surface area contributed by atoms with E-state index in [0.29, 0.717) is 54.2 Å². The van der Waals surface area contributed by atoms with Crippen LogP contribution in [0.3, 0.4) is 0 Å². The zero-order chi connectivity index (χ0) is 23.1. The van der Waals surface area contributed by atoms with Crippen LogP contribution in [0.15, 0.2) is 59.4 Å². The average Bonchev–Trinajstić information content (AvgIpc) is 3.27. The number of carbonyl (C=O) groups is 2. The molecule has 1 saturated heterocycles. The maximum Gasteiger partial charge on any atom is 0.258 e. The second-order valence-corrected chi connectivity index (χ2v) is 8.96. The van der Waals surface area contributed by atoms with E-state index in [0.717, 1.165) is 23.4 Å². The van der Waals surface area contributed by atoms with Gasteiger partial charge in [0.2, 0.25) is 5.91 Å². The van der Waals surface area contributed by atoms with Crippen LogP contribution in [0, 0.1) is 0 Å². The molecule has 0 N–H and O–H groups in total. The van der Waals surface area contributed by atoms with Crippen molar-refractivity contribution < 1.29 is 9.59 Å². The first-order chi connectivity index (χ1) is 15.9. The molecule has 3 aromatic rings. The summed E-state index contributed by atoms with van der Waals surface area (Å²) in [5.41, 5.74) is 4.34. The zero-order valence-electron chi connectivity index (χ0n) is 18.4. The number of hydrogen-bond donors (Lipinski definition) is 0. The van der Waals surface area contributed by atoms with Gasteiger partial charge in [0.25, 0.3) is 11.5 Å². The molecule has 2 aliphatic rings. The van der Waals surface area contributed by atoms with Crippen LogP contribution in [-0.2, 0) is 24.8 Å². The van der Waals surface area contributed by atoms with E-state index >= 15 is 0 Å². The van der Waals surface area contributed by atoms with E-state index in [9.17, 15) is 14.4 Å². The largest absolute Gasteiger partial charge is 0.334 e. The number of benzene rings is 2. The number of rotatable bonds is 3. The first kappa shape index (κ1) is 21.5. The van der Waals surface area contributed by atoms with E-state index in [1.807, 2.05) is 36.4 Å². The summed E-state index contributed by atoms with van der Waals surface area (Å²) >= 11 is 6.36. The summed E-state index contributed by atoms with van der Waals surface area (Å²) in [4.78, 5) is 42.0. The van der Waals surface area contributed by atoms with E-state index in [4.69, 9.17) is 11.6 Å². The summed E-state index contributed by atoms with van der Waals surface area (Å²) in [6.07, 6.45) is 1.99. The molecule has 7 heteroatoms. The fourth-order valence-corrected chi connectivity index (χ4v) is 5.02. The van der Waals surface area contributed by atoms with Crippen molar-refractivity contribution in [2.24, 2.45) is 7.05 Å². The lowest BCUT2D eigenvalue weighted by molar-refractivity contribution is -0.117. The highest BCUT2D eigenvalue weighted by molar-refractivity contribution is 6.33. The number of anilines is 1. The summed E-state index contributed by atoms with van der Waals surface area (Å²) in [7, 11) is 1.77. The van der Waals surface area contributed by atoms with Gasteiger partial charge < -0.3 is 14.4 Å². The van der Waals surface area contributed by atoms with E-state index < -0.39 is 0 Å². The normalized spacial score (nSPS) is 15.6. The SMILES string of the molecule is Cn1c2c(cc(-c3ccccc3Cl)c1=O)CN(C(=O)c1cccc(N3CCCC3=O)c1)CC2. The third kappa shape index (κ3) is 3.85. The van der Waals surface area contributed by atoms with Crippen LogP contribution in [0.4, 0.5) is 5.69 Å². The molecule has 2 amide bonds. The molecule has 0 radical (unpaired) electrons. The predicted octanol–water partition coefficient (Wildman–Crippen LogP) is 4.03. The maximum absolute atomic E-state index is 13.4. The highest BCUT2D eigenvalue weighted by Gasteiger charge is 2.27. The molecule has 3 heterocycles. The molecule has 0 aliphatic carbocycles. The Kier molecular flexibility index (Phi) is 5.54. The molecule has 0 bridgehead atoms.